The van der Waals surface area contributed by atoms with Crippen molar-refractivity contribution >= 4 is 11.7 Å². The van der Waals surface area contributed by atoms with Gasteiger partial charge in [0.05, 0.1) is 18.8 Å². The number of ether oxygens (including phenoxy) is 2. The number of hydrogen-bond donors (Lipinski definition) is 2. The number of para-hydroxylation sites is 1. The van der Waals surface area contributed by atoms with Crippen molar-refractivity contribution in [3.05, 3.63) is 59.2 Å². The van der Waals surface area contributed by atoms with E-state index in [9.17, 15) is 9.90 Å². The van der Waals surface area contributed by atoms with E-state index < -0.39 is 12.1 Å². The standard InChI is InChI=1S/C22H27NO4/c1-26-22(25)19-11-10-16-7-5-6-15(13-20(16)21(19)23)12-17(24)14-27-18-8-3-2-4-9-18/h2-4,8-11,15,17,24H,5-7,12-14,23H2,1H3/t15?,17-/m0/s1. The van der Waals surface area contributed by atoms with Gasteiger partial charge in [-0.1, -0.05) is 24.3 Å². The van der Waals surface area contributed by atoms with Crippen molar-refractivity contribution in [3.63, 3.8) is 0 Å². The smallest absolute Gasteiger partial charge is 0.339 e. The van der Waals surface area contributed by atoms with Gasteiger partial charge in [0.2, 0.25) is 0 Å². The number of esters is 1. The molecule has 3 rings (SSSR count). The van der Waals surface area contributed by atoms with Crippen LogP contribution in [0.1, 0.15) is 40.7 Å². The molecule has 5 heteroatoms. The van der Waals surface area contributed by atoms with E-state index in [-0.39, 0.29) is 6.61 Å². The van der Waals surface area contributed by atoms with Crippen LogP contribution < -0.4 is 10.5 Å². The minimum absolute atomic E-state index is 0.269. The maximum Gasteiger partial charge on any atom is 0.339 e. The molecule has 1 aliphatic carbocycles. The van der Waals surface area contributed by atoms with Crippen molar-refractivity contribution < 1.29 is 19.4 Å². The molecule has 0 aromatic heterocycles. The summed E-state index contributed by atoms with van der Waals surface area (Å²) in [6.45, 7) is 0.269. The highest BCUT2D eigenvalue weighted by atomic mass is 16.5. The Morgan fingerprint density at radius 3 is 2.78 bits per heavy atom. The number of aliphatic hydroxyl groups is 1. The van der Waals surface area contributed by atoms with Crippen LogP contribution in [0.2, 0.25) is 0 Å². The Hall–Kier alpha value is -2.53. The molecule has 3 N–H and O–H groups in total. The second kappa shape index (κ2) is 8.91. The van der Waals surface area contributed by atoms with Crippen LogP contribution in [0.4, 0.5) is 5.69 Å². The average molecular weight is 369 g/mol. The number of aliphatic hydroxyl groups excluding tert-OH is 1. The fourth-order valence-corrected chi connectivity index (χ4v) is 3.81. The van der Waals surface area contributed by atoms with Gasteiger partial charge >= 0.3 is 5.97 Å². The Balaban J connectivity index is 1.66. The van der Waals surface area contributed by atoms with Crippen molar-refractivity contribution in [1.82, 2.24) is 0 Å². The van der Waals surface area contributed by atoms with E-state index in [4.69, 9.17) is 15.2 Å². The third-order valence-electron chi connectivity index (χ3n) is 5.20. The maximum atomic E-state index is 11.9. The molecule has 2 aromatic carbocycles. The molecule has 0 amide bonds. The minimum Gasteiger partial charge on any atom is -0.491 e. The number of rotatable bonds is 6. The van der Waals surface area contributed by atoms with Gasteiger partial charge < -0.3 is 20.3 Å². The SMILES string of the molecule is COC(=O)c1ccc2c(c1N)CC(C[C@H](O)COc1ccccc1)CCC2. The molecule has 0 fully saturated rings. The van der Waals surface area contributed by atoms with Crippen LogP contribution in [0.3, 0.4) is 0 Å². The Labute approximate surface area is 160 Å². The number of methoxy groups -OCH3 is 1. The van der Waals surface area contributed by atoms with Crippen molar-refractivity contribution in [2.24, 2.45) is 5.92 Å². The van der Waals surface area contributed by atoms with E-state index in [1.165, 1.54) is 12.7 Å². The zero-order valence-electron chi connectivity index (χ0n) is 15.7. The summed E-state index contributed by atoms with van der Waals surface area (Å²) in [6.07, 6.45) is 3.86. The molecule has 2 aromatic rings. The van der Waals surface area contributed by atoms with Crippen LogP contribution in [0, 0.1) is 5.92 Å². The number of hydrogen-bond acceptors (Lipinski definition) is 5. The Kier molecular flexibility index (Phi) is 6.35. The first-order chi connectivity index (χ1) is 13.1. The van der Waals surface area contributed by atoms with E-state index in [0.717, 1.165) is 37.0 Å². The van der Waals surface area contributed by atoms with Gasteiger partial charge in [-0.2, -0.15) is 0 Å². The molecular formula is C22H27NO4. The molecular weight excluding hydrogens is 342 g/mol. The van der Waals surface area contributed by atoms with E-state index in [2.05, 4.69) is 0 Å². The van der Waals surface area contributed by atoms with Crippen molar-refractivity contribution in [2.45, 2.75) is 38.2 Å². The summed E-state index contributed by atoms with van der Waals surface area (Å²) in [5, 5.41) is 10.4. The molecule has 2 atom stereocenters. The second-order valence-electron chi connectivity index (χ2n) is 7.13. The average Bonchev–Trinajstić information content (AvgIpc) is 2.89. The number of carbonyl (C=O) groups is 1. The molecule has 0 saturated heterocycles. The predicted octanol–water partition coefficient (Wildman–Crippen LogP) is 3.38. The summed E-state index contributed by atoms with van der Waals surface area (Å²) in [6, 6.07) is 13.2. The third-order valence-corrected chi connectivity index (χ3v) is 5.20. The highest BCUT2D eigenvalue weighted by Gasteiger charge is 2.24. The normalized spacial score (nSPS) is 17.5. The Morgan fingerprint density at radius 2 is 2.04 bits per heavy atom. The minimum atomic E-state index is -0.540. The fraction of sp³-hybridized carbons (Fsp3) is 0.409. The highest BCUT2D eigenvalue weighted by Crippen LogP contribution is 2.33. The number of nitrogens with two attached hydrogens (primary N) is 1. The zero-order chi connectivity index (χ0) is 19.2. The van der Waals surface area contributed by atoms with Gasteiger partial charge in [-0.05, 0) is 67.3 Å². The van der Waals surface area contributed by atoms with Crippen LogP contribution in [0.25, 0.3) is 0 Å². The number of carbonyl (C=O) groups excluding carboxylic acids is 1. The van der Waals surface area contributed by atoms with Crippen molar-refractivity contribution in [1.29, 1.82) is 0 Å². The third kappa shape index (κ3) is 4.80. The van der Waals surface area contributed by atoms with E-state index in [1.807, 2.05) is 36.4 Å². The van der Waals surface area contributed by atoms with Crippen LogP contribution in [0.15, 0.2) is 42.5 Å². The van der Waals surface area contributed by atoms with E-state index in [0.29, 0.717) is 23.6 Å². The lowest BCUT2D eigenvalue weighted by Crippen LogP contribution is -2.22. The van der Waals surface area contributed by atoms with Gasteiger partial charge in [-0.15, -0.1) is 0 Å². The molecule has 0 aliphatic heterocycles. The summed E-state index contributed by atoms with van der Waals surface area (Å²) in [5.41, 5.74) is 9.44. The van der Waals surface area contributed by atoms with Crippen LogP contribution in [-0.4, -0.2) is 30.9 Å². The van der Waals surface area contributed by atoms with Gasteiger partial charge in [0.1, 0.15) is 12.4 Å². The Bertz CT molecular complexity index is 775. The quantitative estimate of drug-likeness (QED) is 0.463. The van der Waals surface area contributed by atoms with Crippen LogP contribution >= 0.6 is 0 Å². The lowest BCUT2D eigenvalue weighted by Gasteiger charge is -2.20. The van der Waals surface area contributed by atoms with Crippen molar-refractivity contribution in [3.8, 4) is 5.75 Å². The second-order valence-corrected chi connectivity index (χ2v) is 7.13. The summed E-state index contributed by atoms with van der Waals surface area (Å²) in [5.74, 6) is 0.651. The largest absolute Gasteiger partial charge is 0.491 e. The number of nitrogen functional groups attached to an aromatic ring is 1. The van der Waals surface area contributed by atoms with Gasteiger partial charge in [0.15, 0.2) is 0 Å². The van der Waals surface area contributed by atoms with Crippen molar-refractivity contribution in [2.75, 3.05) is 19.5 Å². The van der Waals surface area contributed by atoms with Gasteiger partial charge in [0.25, 0.3) is 0 Å². The van der Waals surface area contributed by atoms with Gasteiger partial charge in [-0.3, -0.25) is 0 Å². The van der Waals surface area contributed by atoms with Gasteiger partial charge in [0, 0.05) is 5.69 Å². The summed E-state index contributed by atoms with van der Waals surface area (Å²) < 4.78 is 10.5. The zero-order valence-corrected chi connectivity index (χ0v) is 15.7. The summed E-state index contributed by atoms with van der Waals surface area (Å²) >= 11 is 0. The molecule has 0 radical (unpaired) electrons. The molecule has 5 nitrogen and oxygen atoms in total. The summed E-state index contributed by atoms with van der Waals surface area (Å²) in [7, 11) is 1.36. The lowest BCUT2D eigenvalue weighted by molar-refractivity contribution is 0.0601. The monoisotopic (exact) mass is 369 g/mol. The first-order valence-corrected chi connectivity index (χ1v) is 9.43. The first kappa shape index (κ1) is 19.2. The number of anilines is 1. The maximum absolute atomic E-state index is 11.9. The molecule has 27 heavy (non-hydrogen) atoms. The first-order valence-electron chi connectivity index (χ1n) is 9.43. The Morgan fingerprint density at radius 1 is 1.26 bits per heavy atom. The van der Waals surface area contributed by atoms with E-state index in [1.54, 1.807) is 6.07 Å². The molecule has 0 bridgehead atoms. The van der Waals surface area contributed by atoms with Crippen LogP contribution in [0.5, 0.6) is 5.75 Å². The highest BCUT2D eigenvalue weighted by molar-refractivity contribution is 5.96. The van der Waals surface area contributed by atoms with Gasteiger partial charge in [-0.25, -0.2) is 4.79 Å². The fourth-order valence-electron chi connectivity index (χ4n) is 3.81. The topological polar surface area (TPSA) is 81.8 Å². The molecule has 0 heterocycles. The number of aryl methyl sites for hydroxylation is 1. The molecule has 0 saturated carbocycles. The summed E-state index contributed by atoms with van der Waals surface area (Å²) in [4.78, 5) is 11.9. The molecule has 1 aliphatic rings. The molecule has 0 spiro atoms. The number of fused-ring (bicyclic) bond motifs is 1. The van der Waals surface area contributed by atoms with Crippen LogP contribution in [-0.2, 0) is 17.6 Å². The lowest BCUT2D eigenvalue weighted by atomic mass is 9.90. The predicted molar refractivity (Wildman–Crippen MR) is 105 cm³/mol. The molecule has 1 unspecified atom stereocenters. The molecule has 144 valence electrons. The number of benzene rings is 2. The van der Waals surface area contributed by atoms with E-state index >= 15 is 0 Å².